The van der Waals surface area contributed by atoms with E-state index in [-0.39, 0.29) is 21.9 Å². The normalized spacial score (nSPS) is 14.9. The standard InChI is InChI=1S/C21H27N3O6S/c1-4-23-9-11-24(12-10-23)18-7-5-15(21(25)26)13-17(18)22-31(27,28)16-6-8-19(29-2)20(14-16)30-3/h5-8,13-14,22H,4,9-12H2,1-3H3,(H,25,26). The molecule has 0 radical (unpaired) electrons. The minimum absolute atomic E-state index is 0.000885. The Hall–Kier alpha value is -2.98. The Bertz CT molecular complexity index is 1050. The molecule has 0 bridgehead atoms. The second-order valence-electron chi connectivity index (χ2n) is 7.08. The Morgan fingerprint density at radius 1 is 1.03 bits per heavy atom. The van der Waals surface area contributed by atoms with Crippen molar-refractivity contribution in [1.29, 1.82) is 0 Å². The number of ether oxygens (including phenoxy) is 2. The molecule has 1 fully saturated rings. The van der Waals surface area contributed by atoms with E-state index in [2.05, 4.69) is 21.4 Å². The zero-order valence-electron chi connectivity index (χ0n) is 17.8. The van der Waals surface area contributed by atoms with Crippen molar-refractivity contribution in [3.63, 3.8) is 0 Å². The molecule has 1 aliphatic rings. The van der Waals surface area contributed by atoms with E-state index in [1.54, 1.807) is 6.07 Å². The summed E-state index contributed by atoms with van der Waals surface area (Å²) >= 11 is 0. The van der Waals surface area contributed by atoms with Crippen molar-refractivity contribution in [1.82, 2.24) is 4.90 Å². The quantitative estimate of drug-likeness (QED) is 0.632. The van der Waals surface area contributed by atoms with Gasteiger partial charge in [-0.15, -0.1) is 0 Å². The molecular weight excluding hydrogens is 422 g/mol. The summed E-state index contributed by atoms with van der Waals surface area (Å²) < 4.78 is 39.1. The molecule has 10 heteroatoms. The number of nitrogens with zero attached hydrogens (tertiary/aromatic N) is 2. The molecule has 1 heterocycles. The number of rotatable bonds is 8. The number of piperazine rings is 1. The summed E-state index contributed by atoms with van der Waals surface area (Å²) in [4.78, 5) is 15.8. The smallest absolute Gasteiger partial charge is 0.335 e. The maximum absolute atomic E-state index is 13.1. The van der Waals surface area contributed by atoms with Gasteiger partial charge in [0.15, 0.2) is 11.5 Å². The molecule has 1 aliphatic heterocycles. The van der Waals surface area contributed by atoms with E-state index in [4.69, 9.17) is 9.47 Å². The zero-order valence-corrected chi connectivity index (χ0v) is 18.6. The van der Waals surface area contributed by atoms with Gasteiger partial charge in [0.05, 0.1) is 36.1 Å². The van der Waals surface area contributed by atoms with Gasteiger partial charge in [-0.3, -0.25) is 4.72 Å². The third-order valence-corrected chi connectivity index (χ3v) is 6.68. The number of sulfonamides is 1. The van der Waals surface area contributed by atoms with E-state index in [1.807, 2.05) is 0 Å². The van der Waals surface area contributed by atoms with Gasteiger partial charge in [-0.05, 0) is 36.9 Å². The number of carbonyl (C=O) groups is 1. The maximum atomic E-state index is 13.1. The van der Waals surface area contributed by atoms with Gasteiger partial charge in [-0.2, -0.15) is 0 Å². The predicted octanol–water partition coefficient (Wildman–Crippen LogP) is 2.34. The van der Waals surface area contributed by atoms with Crippen molar-refractivity contribution >= 4 is 27.4 Å². The van der Waals surface area contributed by atoms with Crippen LogP contribution < -0.4 is 19.1 Å². The van der Waals surface area contributed by atoms with Gasteiger partial charge in [0.25, 0.3) is 10.0 Å². The van der Waals surface area contributed by atoms with Gasteiger partial charge in [0.1, 0.15) is 0 Å². The maximum Gasteiger partial charge on any atom is 0.335 e. The van der Waals surface area contributed by atoms with Crippen LogP contribution in [0.25, 0.3) is 0 Å². The fraction of sp³-hybridized carbons (Fsp3) is 0.381. The van der Waals surface area contributed by atoms with E-state index in [9.17, 15) is 18.3 Å². The van der Waals surface area contributed by atoms with Crippen LogP contribution in [-0.2, 0) is 10.0 Å². The highest BCUT2D eigenvalue weighted by atomic mass is 32.2. The number of benzene rings is 2. The van der Waals surface area contributed by atoms with Crippen LogP contribution in [0, 0.1) is 0 Å². The van der Waals surface area contributed by atoms with Crippen LogP contribution in [0.5, 0.6) is 11.5 Å². The van der Waals surface area contributed by atoms with E-state index in [0.29, 0.717) is 24.5 Å². The summed E-state index contributed by atoms with van der Waals surface area (Å²) in [6.45, 7) is 6.17. The van der Waals surface area contributed by atoms with Gasteiger partial charge in [0.2, 0.25) is 0 Å². The average molecular weight is 450 g/mol. The van der Waals surface area contributed by atoms with Crippen molar-refractivity contribution in [2.75, 3.05) is 56.6 Å². The summed E-state index contributed by atoms with van der Waals surface area (Å²) in [5.74, 6) is -0.446. The first-order valence-corrected chi connectivity index (χ1v) is 11.4. The second-order valence-corrected chi connectivity index (χ2v) is 8.76. The highest BCUT2D eigenvalue weighted by Gasteiger charge is 2.23. The van der Waals surface area contributed by atoms with E-state index in [1.165, 1.54) is 44.6 Å². The number of nitrogens with one attached hydrogen (secondary N) is 1. The first-order chi connectivity index (χ1) is 14.8. The second kappa shape index (κ2) is 9.44. The molecule has 3 rings (SSSR count). The molecule has 0 saturated carbocycles. The van der Waals surface area contributed by atoms with Crippen molar-refractivity contribution in [2.24, 2.45) is 0 Å². The van der Waals surface area contributed by atoms with E-state index in [0.717, 1.165) is 19.6 Å². The van der Waals surface area contributed by atoms with Gasteiger partial charge in [-0.1, -0.05) is 6.92 Å². The Morgan fingerprint density at radius 2 is 1.71 bits per heavy atom. The minimum Gasteiger partial charge on any atom is -0.493 e. The number of methoxy groups -OCH3 is 2. The largest absolute Gasteiger partial charge is 0.493 e. The first kappa shape index (κ1) is 22.7. The predicted molar refractivity (Wildman–Crippen MR) is 118 cm³/mol. The molecule has 0 aromatic heterocycles. The molecule has 31 heavy (non-hydrogen) atoms. The molecule has 2 aromatic rings. The van der Waals surface area contributed by atoms with E-state index >= 15 is 0 Å². The monoisotopic (exact) mass is 449 g/mol. The third kappa shape index (κ3) is 5.02. The first-order valence-electron chi connectivity index (χ1n) is 9.88. The van der Waals surface area contributed by atoms with Gasteiger partial charge >= 0.3 is 5.97 Å². The third-order valence-electron chi connectivity index (χ3n) is 5.31. The van der Waals surface area contributed by atoms with Crippen LogP contribution in [0.1, 0.15) is 17.3 Å². The zero-order chi connectivity index (χ0) is 22.6. The Balaban J connectivity index is 1.97. The fourth-order valence-corrected chi connectivity index (χ4v) is 4.60. The molecule has 0 unspecified atom stereocenters. The number of carboxylic acid groups (broad SMARTS) is 1. The van der Waals surface area contributed by atoms with Crippen LogP contribution >= 0.6 is 0 Å². The molecule has 168 valence electrons. The van der Waals surface area contributed by atoms with Gasteiger partial charge in [-0.25, -0.2) is 13.2 Å². The van der Waals surface area contributed by atoms with Crippen LogP contribution in [0.3, 0.4) is 0 Å². The topological polar surface area (TPSA) is 108 Å². The molecule has 2 aromatic carbocycles. The number of carboxylic acids is 1. The Kier molecular flexibility index (Phi) is 6.91. The summed E-state index contributed by atoms with van der Waals surface area (Å²) in [5, 5.41) is 9.39. The van der Waals surface area contributed by atoms with E-state index < -0.39 is 16.0 Å². The lowest BCUT2D eigenvalue weighted by molar-refractivity contribution is 0.0697. The highest BCUT2D eigenvalue weighted by molar-refractivity contribution is 7.92. The summed E-state index contributed by atoms with van der Waals surface area (Å²) in [6, 6.07) is 8.76. The van der Waals surface area contributed by atoms with Crippen LogP contribution in [0.15, 0.2) is 41.3 Å². The van der Waals surface area contributed by atoms with Crippen molar-refractivity contribution in [3.05, 3.63) is 42.0 Å². The Morgan fingerprint density at radius 3 is 2.29 bits per heavy atom. The van der Waals surface area contributed by atoms with Crippen LogP contribution in [0.2, 0.25) is 0 Å². The lowest BCUT2D eigenvalue weighted by Gasteiger charge is -2.36. The van der Waals surface area contributed by atoms with Crippen molar-refractivity contribution in [2.45, 2.75) is 11.8 Å². The van der Waals surface area contributed by atoms with Gasteiger partial charge < -0.3 is 24.4 Å². The van der Waals surface area contributed by atoms with Crippen molar-refractivity contribution in [3.8, 4) is 11.5 Å². The number of hydrogen-bond donors (Lipinski definition) is 2. The molecule has 1 saturated heterocycles. The Labute approximate surface area is 182 Å². The average Bonchev–Trinajstić information content (AvgIpc) is 2.78. The van der Waals surface area contributed by atoms with Crippen molar-refractivity contribution < 1.29 is 27.8 Å². The lowest BCUT2D eigenvalue weighted by Crippen LogP contribution is -2.46. The molecular formula is C21H27N3O6S. The summed E-state index contributed by atoms with van der Waals surface area (Å²) in [5.41, 5.74) is 0.866. The number of likely N-dealkylation sites (N-methyl/N-ethyl adjacent to an activating group) is 1. The molecule has 9 nitrogen and oxygen atoms in total. The van der Waals surface area contributed by atoms with Gasteiger partial charge in [0, 0.05) is 32.2 Å². The minimum atomic E-state index is -4.01. The summed E-state index contributed by atoms with van der Waals surface area (Å²) in [6.07, 6.45) is 0. The summed E-state index contributed by atoms with van der Waals surface area (Å²) in [7, 11) is -1.12. The highest BCUT2D eigenvalue weighted by Crippen LogP contribution is 2.33. The fourth-order valence-electron chi connectivity index (χ4n) is 3.52. The molecule has 2 N–H and O–H groups in total. The number of anilines is 2. The lowest BCUT2D eigenvalue weighted by atomic mass is 10.1. The SMILES string of the molecule is CCN1CCN(c2ccc(C(=O)O)cc2NS(=O)(=O)c2ccc(OC)c(OC)c2)CC1. The molecule has 0 aliphatic carbocycles. The van der Waals surface area contributed by atoms with Crippen LogP contribution in [-0.4, -0.2) is 71.3 Å². The number of aromatic carboxylic acids is 1. The molecule has 0 amide bonds. The number of hydrogen-bond acceptors (Lipinski definition) is 7. The van der Waals surface area contributed by atoms with Crippen LogP contribution in [0.4, 0.5) is 11.4 Å². The molecule has 0 spiro atoms. The molecule has 0 atom stereocenters.